The Hall–Kier alpha value is -3.18. The minimum atomic E-state index is -1.03. The molecule has 0 spiro atoms. The van der Waals surface area contributed by atoms with Crippen molar-refractivity contribution in [2.75, 3.05) is 31.7 Å². The van der Waals surface area contributed by atoms with Gasteiger partial charge in [0.1, 0.15) is 11.6 Å². The monoisotopic (exact) mass is 443 g/mol. The molecule has 9 nitrogen and oxygen atoms in total. The molecule has 2 aliphatic rings. The lowest BCUT2D eigenvalue weighted by atomic mass is 9.95. The van der Waals surface area contributed by atoms with Crippen LogP contribution in [0.1, 0.15) is 15.9 Å². The van der Waals surface area contributed by atoms with Crippen LogP contribution >= 0.6 is 11.8 Å². The topological polar surface area (TPSA) is 128 Å². The quantitative estimate of drug-likeness (QED) is 0.294. The van der Waals surface area contributed by atoms with E-state index in [4.69, 9.17) is 15.1 Å². The van der Waals surface area contributed by atoms with Crippen molar-refractivity contribution < 1.29 is 29.4 Å². The van der Waals surface area contributed by atoms with E-state index in [0.29, 0.717) is 35.7 Å². The second-order valence-corrected chi connectivity index (χ2v) is 8.11. The van der Waals surface area contributed by atoms with Crippen LogP contribution in [-0.2, 0) is 9.53 Å². The number of ether oxygens (including phenoxy) is 1. The van der Waals surface area contributed by atoms with Crippen molar-refractivity contribution in [3.8, 4) is 23.7 Å². The summed E-state index contributed by atoms with van der Waals surface area (Å²) in [7, 11) is 1.47. The Morgan fingerprint density at radius 2 is 1.90 bits per heavy atom. The molecule has 2 fully saturated rings. The number of hydrogen-bond acceptors (Lipinski definition) is 6. The number of rotatable bonds is 5. The third-order valence-corrected chi connectivity index (χ3v) is 6.50. The molecule has 2 heterocycles. The molecule has 0 aliphatic carbocycles. The molecule has 0 saturated carbocycles. The number of nitrogens with zero attached hydrogens (tertiary/aromatic N) is 1. The molecule has 4 N–H and O–H groups in total. The number of hydrogen-bond donors (Lipinski definition) is 4. The van der Waals surface area contributed by atoms with Crippen molar-refractivity contribution >= 4 is 29.7 Å². The third-order valence-electron chi connectivity index (χ3n) is 5.12. The lowest BCUT2D eigenvalue weighted by Gasteiger charge is -2.44. The zero-order valence-electron chi connectivity index (χ0n) is 16.7. The van der Waals surface area contributed by atoms with Crippen molar-refractivity contribution in [1.29, 1.82) is 0 Å². The van der Waals surface area contributed by atoms with E-state index in [1.165, 1.54) is 12.0 Å². The normalized spacial score (nSPS) is 17.4. The molecule has 3 rings (SSSR count). The van der Waals surface area contributed by atoms with Crippen molar-refractivity contribution in [1.82, 2.24) is 15.7 Å². The van der Waals surface area contributed by atoms with Crippen LogP contribution in [0.2, 0.25) is 0 Å². The molecule has 2 saturated heterocycles. The predicted octanol–water partition coefficient (Wildman–Crippen LogP) is 0.387. The van der Waals surface area contributed by atoms with E-state index in [9.17, 15) is 14.4 Å². The number of likely N-dealkylation sites (tertiary alicyclic amines) is 1. The highest BCUT2D eigenvalue weighted by atomic mass is 32.2. The molecule has 1 aromatic carbocycles. The molecule has 1 aromatic rings. The second kappa shape index (κ2) is 9.75. The standard InChI is InChI=1S/C21H21N3O6S/c1-30-21(12-31-13-21)17(19(26)23-29)22-18(25)16-8-6-14(7-9-16)4-2-3-5-15-10-24(11-15)20(27)28/h6-9,15,17,29H,10-13H2,1H3,(H,22,25)(H,23,26)(H,27,28). The van der Waals surface area contributed by atoms with Crippen LogP contribution in [0.15, 0.2) is 24.3 Å². The molecule has 1 atom stereocenters. The van der Waals surface area contributed by atoms with Crippen LogP contribution in [0.25, 0.3) is 0 Å². The largest absolute Gasteiger partial charge is 0.465 e. The maximum atomic E-state index is 12.6. The fourth-order valence-electron chi connectivity index (χ4n) is 3.09. The van der Waals surface area contributed by atoms with Gasteiger partial charge in [-0.05, 0) is 36.1 Å². The molecule has 10 heteroatoms. The number of nitrogens with one attached hydrogen (secondary N) is 2. The number of methoxy groups -OCH3 is 1. The summed E-state index contributed by atoms with van der Waals surface area (Å²) in [5, 5.41) is 20.4. The molecule has 0 bridgehead atoms. The van der Waals surface area contributed by atoms with Crippen molar-refractivity contribution in [2.45, 2.75) is 11.6 Å². The predicted molar refractivity (Wildman–Crippen MR) is 112 cm³/mol. The Bertz CT molecular complexity index is 973. The van der Waals surface area contributed by atoms with Gasteiger partial charge in [0.15, 0.2) is 0 Å². The lowest BCUT2D eigenvalue weighted by molar-refractivity contribution is -0.138. The molecule has 162 valence electrons. The molecule has 1 unspecified atom stereocenters. The first-order valence-corrected chi connectivity index (χ1v) is 10.5. The van der Waals surface area contributed by atoms with E-state index < -0.39 is 29.6 Å². The lowest BCUT2D eigenvalue weighted by Crippen LogP contribution is -2.66. The van der Waals surface area contributed by atoms with Gasteiger partial charge in [0.05, 0.1) is 5.92 Å². The second-order valence-electron chi connectivity index (χ2n) is 7.13. The van der Waals surface area contributed by atoms with Crippen LogP contribution in [0, 0.1) is 29.6 Å². The maximum absolute atomic E-state index is 12.6. The van der Waals surface area contributed by atoms with Gasteiger partial charge in [-0.15, -0.1) is 0 Å². The van der Waals surface area contributed by atoms with E-state index >= 15 is 0 Å². The number of amides is 3. The zero-order valence-corrected chi connectivity index (χ0v) is 17.5. The third kappa shape index (κ3) is 5.12. The number of benzene rings is 1. The van der Waals surface area contributed by atoms with Crippen molar-refractivity contribution in [3.05, 3.63) is 35.4 Å². The number of carbonyl (C=O) groups excluding carboxylic acids is 2. The highest BCUT2D eigenvalue weighted by Crippen LogP contribution is 2.35. The minimum absolute atomic E-state index is 0.00463. The van der Waals surface area contributed by atoms with Crippen LogP contribution in [0.4, 0.5) is 4.79 Å². The van der Waals surface area contributed by atoms with E-state index in [-0.39, 0.29) is 5.92 Å². The molecular weight excluding hydrogens is 422 g/mol. The smallest absolute Gasteiger partial charge is 0.407 e. The zero-order chi connectivity index (χ0) is 22.4. The number of thioether (sulfide) groups is 1. The van der Waals surface area contributed by atoms with E-state index in [1.807, 2.05) is 0 Å². The van der Waals surface area contributed by atoms with Gasteiger partial charge < -0.3 is 20.1 Å². The van der Waals surface area contributed by atoms with Gasteiger partial charge in [0.2, 0.25) is 0 Å². The van der Waals surface area contributed by atoms with Gasteiger partial charge in [0, 0.05) is 42.8 Å². The highest BCUT2D eigenvalue weighted by Gasteiger charge is 2.49. The van der Waals surface area contributed by atoms with Crippen LogP contribution in [-0.4, -0.2) is 76.5 Å². The van der Waals surface area contributed by atoms with Crippen LogP contribution in [0.5, 0.6) is 0 Å². The summed E-state index contributed by atoms with van der Waals surface area (Å²) in [5.41, 5.74) is 1.70. The summed E-state index contributed by atoms with van der Waals surface area (Å²) in [5.74, 6) is 11.0. The van der Waals surface area contributed by atoms with Crippen LogP contribution < -0.4 is 10.8 Å². The van der Waals surface area contributed by atoms with E-state index in [1.54, 1.807) is 41.5 Å². The Labute approximate surface area is 183 Å². The summed E-state index contributed by atoms with van der Waals surface area (Å²) < 4.78 is 5.45. The summed E-state index contributed by atoms with van der Waals surface area (Å²) in [6, 6.07) is 5.44. The Morgan fingerprint density at radius 1 is 1.23 bits per heavy atom. The summed E-state index contributed by atoms with van der Waals surface area (Å²) in [4.78, 5) is 36.6. The average Bonchev–Trinajstić information content (AvgIpc) is 2.70. The Kier molecular flexibility index (Phi) is 7.08. The Balaban J connectivity index is 1.59. The molecular formula is C21H21N3O6S. The fraction of sp³-hybridized carbons (Fsp3) is 0.381. The first-order valence-electron chi connectivity index (χ1n) is 9.36. The average molecular weight is 443 g/mol. The molecule has 0 radical (unpaired) electrons. The van der Waals surface area contributed by atoms with E-state index in [0.717, 1.165) is 0 Å². The van der Waals surface area contributed by atoms with Crippen molar-refractivity contribution in [2.24, 2.45) is 5.92 Å². The van der Waals surface area contributed by atoms with Crippen molar-refractivity contribution in [3.63, 3.8) is 0 Å². The van der Waals surface area contributed by atoms with Gasteiger partial charge in [-0.3, -0.25) is 14.8 Å². The van der Waals surface area contributed by atoms with Gasteiger partial charge in [-0.25, -0.2) is 10.3 Å². The Morgan fingerprint density at radius 3 is 2.42 bits per heavy atom. The summed E-state index contributed by atoms with van der Waals surface area (Å²) in [6.07, 6.45) is -0.944. The molecule has 3 amide bonds. The minimum Gasteiger partial charge on any atom is -0.465 e. The number of hydroxylamine groups is 1. The summed E-state index contributed by atoms with van der Waals surface area (Å²) in [6.45, 7) is 0.790. The van der Waals surface area contributed by atoms with Gasteiger partial charge in [-0.2, -0.15) is 11.8 Å². The maximum Gasteiger partial charge on any atom is 0.407 e. The molecule has 31 heavy (non-hydrogen) atoms. The highest BCUT2D eigenvalue weighted by molar-refractivity contribution is 8.00. The number of carboxylic acid groups (broad SMARTS) is 1. The van der Waals surface area contributed by atoms with Gasteiger partial charge >= 0.3 is 6.09 Å². The van der Waals surface area contributed by atoms with E-state index in [2.05, 4.69) is 29.0 Å². The van der Waals surface area contributed by atoms with Crippen LogP contribution in [0.3, 0.4) is 0 Å². The summed E-state index contributed by atoms with van der Waals surface area (Å²) >= 11 is 1.57. The first-order chi connectivity index (χ1) is 14.9. The van der Waals surface area contributed by atoms with Gasteiger partial charge in [0.25, 0.3) is 11.8 Å². The SMILES string of the molecule is COC1(C(NC(=O)c2ccc(C#CC#CC3CN(C(=O)O)C3)cc2)C(=O)NO)CSC1. The molecule has 2 aliphatic heterocycles. The molecule has 0 aromatic heterocycles. The fourth-order valence-corrected chi connectivity index (χ4v) is 4.27. The number of carbonyl (C=O) groups is 3. The van der Waals surface area contributed by atoms with Gasteiger partial charge in [-0.1, -0.05) is 11.8 Å². The first kappa shape index (κ1) is 22.5.